The Labute approximate surface area is 440 Å². The van der Waals surface area contributed by atoms with E-state index in [4.69, 9.17) is 0 Å². The summed E-state index contributed by atoms with van der Waals surface area (Å²) in [7, 11) is 0. The fourth-order valence-electron chi connectivity index (χ4n) is 13.0. The lowest BCUT2D eigenvalue weighted by molar-refractivity contribution is 0.563. The molecule has 0 unspecified atom stereocenters. The lowest BCUT2D eigenvalue weighted by atomic mass is 9.55. The molecular formula is C74H53N. The fourth-order valence-corrected chi connectivity index (χ4v) is 13.0. The molecule has 2 aliphatic carbocycles. The van der Waals surface area contributed by atoms with Gasteiger partial charge in [-0.3, -0.25) is 0 Å². The highest BCUT2D eigenvalue weighted by Crippen LogP contribution is 2.63. The molecule has 0 saturated carbocycles. The fraction of sp³-hybridized carbons (Fsp3) is 0.0541. The van der Waals surface area contributed by atoms with Crippen LogP contribution in [0.2, 0.25) is 0 Å². The maximum absolute atomic E-state index is 2.49. The van der Waals surface area contributed by atoms with E-state index in [0.717, 1.165) is 22.6 Å². The summed E-state index contributed by atoms with van der Waals surface area (Å²) in [5.74, 6) is 0. The summed E-state index contributed by atoms with van der Waals surface area (Å²) in [6, 6.07) is 106. The largest absolute Gasteiger partial charge is 0.310 e. The third-order valence-electron chi connectivity index (χ3n) is 16.4. The van der Waals surface area contributed by atoms with Gasteiger partial charge in [0.15, 0.2) is 0 Å². The van der Waals surface area contributed by atoms with Crippen LogP contribution in [0.15, 0.2) is 285 Å². The first kappa shape index (κ1) is 44.4. The van der Waals surface area contributed by atoms with Crippen LogP contribution in [0.1, 0.15) is 47.2 Å². The molecule has 0 fully saturated rings. The van der Waals surface area contributed by atoms with E-state index in [0.29, 0.717) is 0 Å². The van der Waals surface area contributed by atoms with Crippen molar-refractivity contribution < 1.29 is 0 Å². The van der Waals surface area contributed by atoms with Crippen LogP contribution < -0.4 is 4.90 Å². The minimum atomic E-state index is -0.480. The Bertz CT molecular complexity index is 4090. The average molecular weight is 956 g/mol. The van der Waals surface area contributed by atoms with Crippen molar-refractivity contribution >= 4 is 27.8 Å². The summed E-state index contributed by atoms with van der Waals surface area (Å²) in [5.41, 5.74) is 25.2. The Hall–Kier alpha value is -9.30. The van der Waals surface area contributed by atoms with Crippen LogP contribution in [0, 0.1) is 0 Å². The minimum absolute atomic E-state index is 0.167. The quantitative estimate of drug-likeness (QED) is 0.147. The van der Waals surface area contributed by atoms with Crippen LogP contribution in [-0.4, -0.2) is 0 Å². The highest BCUT2D eigenvalue weighted by molar-refractivity contribution is 6.00. The highest BCUT2D eigenvalue weighted by atomic mass is 15.1. The molecule has 0 amide bonds. The van der Waals surface area contributed by atoms with Crippen LogP contribution >= 0.6 is 0 Å². The van der Waals surface area contributed by atoms with Gasteiger partial charge in [-0.15, -0.1) is 0 Å². The second kappa shape index (κ2) is 17.7. The van der Waals surface area contributed by atoms with Gasteiger partial charge >= 0.3 is 0 Å². The standard InChI is InChI=1S/C74H53N/c1-73(2)68-34-15-17-36-70(68)74(71-37-18-16-35-69(71)73)66-33-14-12-30-63(66)65-49-56(47-48-67(65)74)75(55-45-43-51(44-46-55)50-39-41-54(42-40-50)58-32-20-24-53-23-6-7-25-57(53)58)72-38-19-13-31-64(72)62-29-11-10-28-61(62)60-27-9-8-26-59(60)52-21-4-3-5-22-52/h3-49H,1-2H3. The van der Waals surface area contributed by atoms with Crippen molar-refractivity contribution in [1.29, 1.82) is 0 Å². The molecule has 0 heterocycles. The van der Waals surface area contributed by atoms with Gasteiger partial charge < -0.3 is 4.90 Å². The van der Waals surface area contributed by atoms with E-state index in [1.54, 1.807) is 0 Å². The first-order valence-corrected chi connectivity index (χ1v) is 26.2. The summed E-state index contributed by atoms with van der Waals surface area (Å²) in [5, 5.41) is 2.52. The Morgan fingerprint density at radius 1 is 0.253 bits per heavy atom. The topological polar surface area (TPSA) is 3.24 Å². The zero-order valence-electron chi connectivity index (χ0n) is 42.1. The van der Waals surface area contributed by atoms with Crippen LogP contribution in [0.3, 0.4) is 0 Å². The summed E-state index contributed by atoms with van der Waals surface area (Å²) in [4.78, 5) is 2.49. The van der Waals surface area contributed by atoms with Crippen molar-refractivity contribution in [3.63, 3.8) is 0 Å². The Kier molecular flexibility index (Phi) is 10.5. The van der Waals surface area contributed by atoms with Crippen LogP contribution in [0.4, 0.5) is 17.1 Å². The predicted molar refractivity (Wildman–Crippen MR) is 315 cm³/mol. The molecular weight excluding hydrogens is 903 g/mol. The molecule has 1 nitrogen and oxygen atoms in total. The molecule has 0 atom stereocenters. The van der Waals surface area contributed by atoms with Gasteiger partial charge in [-0.05, 0) is 136 Å². The van der Waals surface area contributed by atoms with Crippen molar-refractivity contribution in [2.75, 3.05) is 4.90 Å². The van der Waals surface area contributed by atoms with E-state index in [1.807, 2.05) is 0 Å². The van der Waals surface area contributed by atoms with E-state index < -0.39 is 5.41 Å². The van der Waals surface area contributed by atoms with E-state index in [-0.39, 0.29) is 5.41 Å². The number of hydrogen-bond donors (Lipinski definition) is 0. The molecule has 0 radical (unpaired) electrons. The first-order valence-electron chi connectivity index (χ1n) is 26.2. The van der Waals surface area contributed by atoms with Gasteiger partial charge in [-0.1, -0.05) is 269 Å². The number of rotatable bonds is 8. The number of nitrogens with zero attached hydrogens (tertiary/aromatic N) is 1. The molecule has 12 aromatic carbocycles. The van der Waals surface area contributed by atoms with E-state index in [2.05, 4.69) is 304 Å². The Balaban J connectivity index is 0.951. The van der Waals surface area contributed by atoms with Crippen molar-refractivity contribution in [1.82, 2.24) is 0 Å². The molecule has 12 aromatic rings. The van der Waals surface area contributed by atoms with E-state index in [1.165, 1.54) is 105 Å². The van der Waals surface area contributed by atoms with Gasteiger partial charge in [-0.25, -0.2) is 0 Å². The Morgan fingerprint density at radius 3 is 1.36 bits per heavy atom. The van der Waals surface area contributed by atoms with E-state index >= 15 is 0 Å². The monoisotopic (exact) mass is 955 g/mol. The molecule has 75 heavy (non-hydrogen) atoms. The van der Waals surface area contributed by atoms with E-state index in [9.17, 15) is 0 Å². The summed E-state index contributed by atoms with van der Waals surface area (Å²) < 4.78 is 0. The summed E-state index contributed by atoms with van der Waals surface area (Å²) in [6.45, 7) is 4.78. The normalized spacial score (nSPS) is 13.4. The number of anilines is 3. The Morgan fingerprint density at radius 2 is 0.680 bits per heavy atom. The molecule has 0 saturated heterocycles. The van der Waals surface area contributed by atoms with Crippen LogP contribution in [0.25, 0.3) is 77.5 Å². The molecule has 14 rings (SSSR count). The van der Waals surface area contributed by atoms with Crippen molar-refractivity contribution in [3.05, 3.63) is 318 Å². The maximum atomic E-state index is 2.49. The molecule has 1 spiro atoms. The number of fused-ring (bicyclic) bond motifs is 10. The maximum Gasteiger partial charge on any atom is 0.0719 e. The number of hydrogen-bond acceptors (Lipinski definition) is 1. The number of para-hydroxylation sites is 1. The predicted octanol–water partition coefficient (Wildman–Crippen LogP) is 19.6. The zero-order valence-corrected chi connectivity index (χ0v) is 42.1. The van der Waals surface area contributed by atoms with Gasteiger partial charge in [0.05, 0.1) is 11.1 Å². The average Bonchev–Trinajstić information content (AvgIpc) is 3.82. The van der Waals surface area contributed by atoms with Crippen molar-refractivity contribution in [2.24, 2.45) is 0 Å². The molecule has 2 aliphatic rings. The van der Waals surface area contributed by atoms with Crippen LogP contribution in [-0.2, 0) is 10.8 Å². The van der Waals surface area contributed by atoms with Gasteiger partial charge in [0.2, 0.25) is 0 Å². The minimum Gasteiger partial charge on any atom is -0.310 e. The third kappa shape index (κ3) is 6.99. The van der Waals surface area contributed by atoms with Gasteiger partial charge in [0, 0.05) is 22.4 Å². The number of benzene rings is 12. The zero-order chi connectivity index (χ0) is 50.1. The third-order valence-corrected chi connectivity index (χ3v) is 16.4. The smallest absolute Gasteiger partial charge is 0.0719 e. The second-order valence-electron chi connectivity index (χ2n) is 20.7. The SMILES string of the molecule is CC1(C)c2ccccc2C2(c3ccccc3-c3cc(N(c4ccc(-c5ccc(-c6cccc7ccccc67)cc5)cc4)c4ccccc4-c4ccccc4-c4ccccc4-c4ccccc4)ccc32)c2ccccc21. The van der Waals surface area contributed by atoms with Crippen molar-refractivity contribution in [2.45, 2.75) is 24.7 Å². The van der Waals surface area contributed by atoms with Gasteiger partial charge in [0.25, 0.3) is 0 Å². The van der Waals surface area contributed by atoms with Gasteiger partial charge in [-0.2, -0.15) is 0 Å². The lowest BCUT2D eigenvalue weighted by Gasteiger charge is -2.46. The summed E-state index contributed by atoms with van der Waals surface area (Å²) >= 11 is 0. The molecule has 1 heteroatoms. The van der Waals surface area contributed by atoms with Crippen molar-refractivity contribution in [3.8, 4) is 66.8 Å². The molecule has 354 valence electrons. The molecule has 0 aliphatic heterocycles. The highest BCUT2D eigenvalue weighted by Gasteiger charge is 2.53. The summed E-state index contributed by atoms with van der Waals surface area (Å²) in [6.07, 6.45) is 0. The van der Waals surface area contributed by atoms with Gasteiger partial charge in [0.1, 0.15) is 0 Å². The molecule has 0 N–H and O–H groups in total. The second-order valence-corrected chi connectivity index (χ2v) is 20.7. The molecule has 0 bridgehead atoms. The van der Waals surface area contributed by atoms with Crippen LogP contribution in [0.5, 0.6) is 0 Å². The first-order chi connectivity index (χ1) is 37.0. The molecule has 0 aromatic heterocycles. The lowest BCUT2D eigenvalue weighted by Crippen LogP contribution is -2.40.